The van der Waals surface area contributed by atoms with E-state index in [0.717, 1.165) is 60.8 Å². The lowest BCUT2D eigenvalue weighted by atomic mass is 10.1. The lowest BCUT2D eigenvalue weighted by Crippen LogP contribution is -2.07. The zero-order chi connectivity index (χ0) is 31.6. The number of benzene rings is 3. The number of carbonyl (C=O) groups is 2. The first-order valence-electron chi connectivity index (χ1n) is 15.3. The highest BCUT2D eigenvalue weighted by Crippen LogP contribution is 2.29. The van der Waals surface area contributed by atoms with Crippen LogP contribution in [-0.4, -0.2) is 29.9 Å². The molecule has 0 aliphatic heterocycles. The van der Waals surface area contributed by atoms with Gasteiger partial charge < -0.3 is 14.2 Å². The molecule has 8 nitrogen and oxygen atoms in total. The summed E-state index contributed by atoms with van der Waals surface area (Å²) >= 11 is 0. The highest BCUT2D eigenvalue weighted by molar-refractivity contribution is 6.07. The van der Waals surface area contributed by atoms with Crippen molar-refractivity contribution in [3.63, 3.8) is 0 Å². The zero-order valence-electron chi connectivity index (χ0n) is 25.5. The lowest BCUT2D eigenvalue weighted by molar-refractivity contribution is -0.385. The van der Waals surface area contributed by atoms with Gasteiger partial charge in [-0.3, -0.25) is 14.9 Å². The number of unbranched alkanes of at least 4 members (excludes halogenated alkanes) is 6. The number of hydrogen-bond donors (Lipinski definition) is 0. The highest BCUT2D eigenvalue weighted by Gasteiger charge is 2.20. The molecule has 0 aromatic heterocycles. The van der Waals surface area contributed by atoms with Crippen molar-refractivity contribution in [2.24, 2.45) is 0 Å². The lowest BCUT2D eigenvalue weighted by Gasteiger charge is -2.06. The molecule has 0 saturated carbocycles. The quantitative estimate of drug-likeness (QED) is 0.0257. The summed E-state index contributed by atoms with van der Waals surface area (Å²) in [6.45, 7) is 5.64. The maximum Gasteiger partial charge on any atom is 0.336 e. The minimum atomic E-state index is -0.782. The Kier molecular flexibility index (Phi) is 14.4. The molecule has 0 amide bonds. The number of allylic oxidation sites excluding steroid dienone is 1. The molecule has 3 aromatic carbocycles. The van der Waals surface area contributed by atoms with Gasteiger partial charge in [-0.15, -0.1) is 0 Å². The second-order valence-electron chi connectivity index (χ2n) is 10.3. The Morgan fingerprint density at radius 1 is 0.705 bits per heavy atom. The first-order chi connectivity index (χ1) is 21.4. The van der Waals surface area contributed by atoms with Gasteiger partial charge in [0, 0.05) is 17.7 Å². The second kappa shape index (κ2) is 18.7. The maximum absolute atomic E-state index is 12.8. The summed E-state index contributed by atoms with van der Waals surface area (Å²) in [7, 11) is 0. The number of nitro groups is 1. The van der Waals surface area contributed by atoms with Crippen LogP contribution in [0.5, 0.6) is 17.2 Å². The molecule has 0 spiro atoms. The largest absolute Gasteiger partial charge is 0.494 e. The summed E-state index contributed by atoms with van der Waals surface area (Å²) in [6, 6.07) is 18.3. The molecule has 0 heterocycles. The molecule has 0 saturated heterocycles. The molecule has 0 unspecified atom stereocenters. The molecular formula is C36H41NO7. The highest BCUT2D eigenvalue weighted by atomic mass is 16.6. The molecule has 0 radical (unpaired) electrons. The van der Waals surface area contributed by atoms with Crippen LogP contribution in [0.1, 0.15) is 86.7 Å². The Balaban J connectivity index is 1.54. The van der Waals surface area contributed by atoms with E-state index in [1.165, 1.54) is 43.5 Å². The third-order valence-electron chi connectivity index (χ3n) is 6.78. The monoisotopic (exact) mass is 599 g/mol. The number of carbonyl (C=O) groups excluding carboxylic acids is 2. The molecule has 0 atom stereocenters. The van der Waals surface area contributed by atoms with E-state index in [-0.39, 0.29) is 11.3 Å². The van der Waals surface area contributed by atoms with Crippen LogP contribution in [0.3, 0.4) is 0 Å². The Bertz CT molecular complexity index is 1410. The van der Waals surface area contributed by atoms with E-state index < -0.39 is 22.4 Å². The average Bonchev–Trinajstić information content (AvgIpc) is 3.03. The maximum atomic E-state index is 12.8. The first-order valence-corrected chi connectivity index (χ1v) is 15.3. The number of nitro benzene ring substituents is 1. The van der Waals surface area contributed by atoms with E-state index in [1.54, 1.807) is 24.3 Å². The van der Waals surface area contributed by atoms with E-state index in [9.17, 15) is 19.7 Å². The normalized spacial score (nSPS) is 11.1. The predicted molar refractivity (Wildman–Crippen MR) is 173 cm³/mol. The molecular weight excluding hydrogens is 558 g/mol. The van der Waals surface area contributed by atoms with Gasteiger partial charge in [0.05, 0.1) is 18.1 Å². The molecule has 0 N–H and O–H groups in total. The molecule has 8 heteroatoms. The minimum Gasteiger partial charge on any atom is -0.494 e. The van der Waals surface area contributed by atoms with E-state index in [4.69, 9.17) is 14.2 Å². The fraction of sp³-hybridized carbons (Fsp3) is 0.333. The van der Waals surface area contributed by atoms with Crippen LogP contribution in [-0.2, 0) is 4.79 Å². The van der Waals surface area contributed by atoms with Crippen molar-refractivity contribution in [2.75, 3.05) is 13.2 Å². The van der Waals surface area contributed by atoms with Crippen LogP contribution in [0.2, 0.25) is 0 Å². The van der Waals surface area contributed by atoms with Gasteiger partial charge in [-0.1, -0.05) is 82.7 Å². The van der Waals surface area contributed by atoms with Gasteiger partial charge in [-0.25, -0.2) is 4.79 Å². The number of hydrogen-bond acceptors (Lipinski definition) is 7. The fourth-order valence-corrected chi connectivity index (χ4v) is 4.26. The van der Waals surface area contributed by atoms with Crippen molar-refractivity contribution in [1.82, 2.24) is 0 Å². The van der Waals surface area contributed by atoms with Crippen LogP contribution in [0, 0.1) is 10.1 Å². The standard InChI is InChI=1S/C36H41NO7/c1-3-5-7-8-10-26-43-32-18-11-28(12-19-32)15-22-34(38)30-17-23-35(33(27-30)37(40)41)44-36(39)24-16-29-13-20-31(21-14-29)42-25-9-6-4-2/h11-24,27H,3-10,25-26H2,1-2H3/b22-15+,24-16+. The fourth-order valence-electron chi connectivity index (χ4n) is 4.26. The SMILES string of the molecule is CCCCCCCOc1ccc(/C=C/C(=O)c2ccc(OC(=O)/C=C/c3ccc(OCCCCC)cc3)c([N+](=O)[O-])c2)cc1. The van der Waals surface area contributed by atoms with Crippen molar-refractivity contribution >= 4 is 29.6 Å². The van der Waals surface area contributed by atoms with Gasteiger partial charge in [0.15, 0.2) is 5.78 Å². The van der Waals surface area contributed by atoms with E-state index in [0.29, 0.717) is 13.2 Å². The number of rotatable bonds is 19. The smallest absolute Gasteiger partial charge is 0.336 e. The van der Waals surface area contributed by atoms with Gasteiger partial charge in [-0.05, 0) is 72.5 Å². The van der Waals surface area contributed by atoms with E-state index in [1.807, 2.05) is 36.4 Å². The van der Waals surface area contributed by atoms with E-state index in [2.05, 4.69) is 13.8 Å². The molecule has 3 rings (SSSR count). The molecule has 0 aliphatic rings. The third kappa shape index (κ3) is 11.9. The van der Waals surface area contributed by atoms with Gasteiger partial charge in [-0.2, -0.15) is 0 Å². The van der Waals surface area contributed by atoms with Crippen LogP contribution in [0.4, 0.5) is 5.69 Å². The van der Waals surface area contributed by atoms with Crippen molar-refractivity contribution in [1.29, 1.82) is 0 Å². The molecule has 0 aliphatic carbocycles. The topological polar surface area (TPSA) is 105 Å². The van der Waals surface area contributed by atoms with Crippen LogP contribution in [0.25, 0.3) is 12.2 Å². The summed E-state index contributed by atoms with van der Waals surface area (Å²) in [5, 5.41) is 11.7. The summed E-state index contributed by atoms with van der Waals surface area (Å²) in [4.78, 5) is 36.2. The minimum absolute atomic E-state index is 0.100. The summed E-state index contributed by atoms with van der Waals surface area (Å²) in [6.07, 6.45) is 14.8. The number of nitrogens with zero attached hydrogens (tertiary/aromatic N) is 1. The van der Waals surface area contributed by atoms with Crippen molar-refractivity contribution in [3.05, 3.63) is 106 Å². The van der Waals surface area contributed by atoms with Crippen LogP contribution < -0.4 is 14.2 Å². The Hall–Kier alpha value is -4.72. The first kappa shape index (κ1) is 33.8. The van der Waals surface area contributed by atoms with Crippen molar-refractivity contribution in [3.8, 4) is 17.2 Å². The number of ketones is 1. The molecule has 232 valence electrons. The Morgan fingerprint density at radius 2 is 1.23 bits per heavy atom. The molecule has 0 bridgehead atoms. The van der Waals surface area contributed by atoms with Gasteiger partial charge >= 0.3 is 11.7 Å². The van der Waals surface area contributed by atoms with Crippen LogP contribution in [0.15, 0.2) is 78.9 Å². The van der Waals surface area contributed by atoms with Gasteiger partial charge in [0.25, 0.3) is 0 Å². The number of ether oxygens (including phenoxy) is 3. The molecule has 44 heavy (non-hydrogen) atoms. The van der Waals surface area contributed by atoms with Crippen LogP contribution >= 0.6 is 0 Å². The third-order valence-corrected chi connectivity index (χ3v) is 6.78. The van der Waals surface area contributed by atoms with Crippen molar-refractivity contribution in [2.45, 2.75) is 65.2 Å². The van der Waals surface area contributed by atoms with Gasteiger partial charge in [0.1, 0.15) is 11.5 Å². The Morgan fingerprint density at radius 3 is 1.80 bits per heavy atom. The Labute approximate surface area is 259 Å². The zero-order valence-corrected chi connectivity index (χ0v) is 25.5. The second-order valence-corrected chi connectivity index (χ2v) is 10.3. The van der Waals surface area contributed by atoms with Crippen molar-refractivity contribution < 1.29 is 28.7 Å². The summed E-state index contributed by atoms with van der Waals surface area (Å²) in [5.74, 6) is 0.0569. The summed E-state index contributed by atoms with van der Waals surface area (Å²) < 4.78 is 16.7. The average molecular weight is 600 g/mol. The predicted octanol–water partition coefficient (Wildman–Crippen LogP) is 9.03. The van der Waals surface area contributed by atoms with Gasteiger partial charge in [0.2, 0.25) is 5.75 Å². The van der Waals surface area contributed by atoms with E-state index >= 15 is 0 Å². The molecule has 3 aromatic rings. The summed E-state index contributed by atoms with van der Waals surface area (Å²) in [5.41, 5.74) is 1.15. The number of esters is 1. The molecule has 0 fully saturated rings.